The molecule has 1 N–H and O–H groups in total. The summed E-state index contributed by atoms with van der Waals surface area (Å²) in [5.74, 6) is 0.354. The van der Waals surface area contributed by atoms with Crippen LogP contribution >= 0.6 is 0 Å². The van der Waals surface area contributed by atoms with Gasteiger partial charge in [-0.05, 0) is 19.9 Å². The molecule has 0 spiro atoms. The van der Waals surface area contributed by atoms with Crippen LogP contribution in [0.15, 0.2) is 0 Å². The first kappa shape index (κ1) is 14.5. The number of carbonyl (C=O) groups excluding carboxylic acids is 1. The van der Waals surface area contributed by atoms with E-state index in [1.807, 2.05) is 0 Å². The monoisotopic (exact) mass is 242 g/mol. The highest BCUT2D eigenvalue weighted by atomic mass is 16.5. The van der Waals surface area contributed by atoms with Gasteiger partial charge in [-0.2, -0.15) is 0 Å². The van der Waals surface area contributed by atoms with Gasteiger partial charge >= 0.3 is 0 Å². The Morgan fingerprint density at radius 2 is 2.29 bits per heavy atom. The molecule has 0 aromatic heterocycles. The van der Waals surface area contributed by atoms with Crippen LogP contribution in [-0.4, -0.2) is 50.2 Å². The standard InChI is InChI=1S/C13H26N2O2/c1-4-6-11(5-2)13(16)14-9-12-10-15(3)7-8-17-12/h11-12H,4-10H2,1-3H3,(H,14,16). The quantitative estimate of drug-likeness (QED) is 0.762. The Morgan fingerprint density at radius 1 is 1.53 bits per heavy atom. The Kier molecular flexibility index (Phi) is 6.52. The van der Waals surface area contributed by atoms with Crippen LogP contribution in [0.25, 0.3) is 0 Å². The normalized spacial score (nSPS) is 23.4. The fourth-order valence-electron chi connectivity index (χ4n) is 2.22. The van der Waals surface area contributed by atoms with Gasteiger partial charge in [0.05, 0.1) is 12.7 Å². The zero-order valence-electron chi connectivity index (χ0n) is 11.4. The summed E-state index contributed by atoms with van der Waals surface area (Å²) < 4.78 is 5.62. The summed E-state index contributed by atoms with van der Waals surface area (Å²) in [7, 11) is 2.09. The van der Waals surface area contributed by atoms with Crippen LogP contribution in [0.3, 0.4) is 0 Å². The van der Waals surface area contributed by atoms with Crippen molar-refractivity contribution in [2.45, 2.75) is 39.2 Å². The van der Waals surface area contributed by atoms with Gasteiger partial charge in [0.25, 0.3) is 0 Å². The molecule has 1 saturated heterocycles. The summed E-state index contributed by atoms with van der Waals surface area (Å²) in [6, 6.07) is 0. The van der Waals surface area contributed by atoms with E-state index in [-0.39, 0.29) is 17.9 Å². The zero-order valence-corrected chi connectivity index (χ0v) is 11.4. The molecule has 0 bridgehead atoms. The number of likely N-dealkylation sites (N-methyl/N-ethyl adjacent to an activating group) is 1. The Labute approximate surface area is 105 Å². The van der Waals surface area contributed by atoms with E-state index in [0.717, 1.165) is 39.0 Å². The molecule has 0 aromatic rings. The van der Waals surface area contributed by atoms with E-state index in [1.165, 1.54) is 0 Å². The summed E-state index contributed by atoms with van der Waals surface area (Å²) in [6.45, 7) is 7.50. The Morgan fingerprint density at radius 3 is 2.88 bits per heavy atom. The van der Waals surface area contributed by atoms with Gasteiger partial charge in [-0.25, -0.2) is 0 Å². The molecule has 4 nitrogen and oxygen atoms in total. The maximum atomic E-state index is 11.9. The van der Waals surface area contributed by atoms with Crippen molar-refractivity contribution >= 4 is 5.91 Å². The van der Waals surface area contributed by atoms with E-state index < -0.39 is 0 Å². The SMILES string of the molecule is CCCC(CC)C(=O)NCC1CN(C)CCO1. The first-order valence-corrected chi connectivity index (χ1v) is 6.75. The fraction of sp³-hybridized carbons (Fsp3) is 0.923. The van der Waals surface area contributed by atoms with Crippen LogP contribution in [0.2, 0.25) is 0 Å². The lowest BCUT2D eigenvalue weighted by Gasteiger charge is -2.30. The number of carbonyl (C=O) groups is 1. The molecular weight excluding hydrogens is 216 g/mol. The molecule has 17 heavy (non-hydrogen) atoms. The van der Waals surface area contributed by atoms with E-state index in [2.05, 4.69) is 31.1 Å². The molecule has 0 radical (unpaired) electrons. The summed E-state index contributed by atoms with van der Waals surface area (Å²) in [5, 5.41) is 3.02. The lowest BCUT2D eigenvalue weighted by Crippen LogP contribution is -2.46. The minimum atomic E-state index is 0.150. The predicted octanol–water partition coefficient (Wildman–Crippen LogP) is 1.26. The third kappa shape index (κ3) is 5.04. The van der Waals surface area contributed by atoms with Crippen molar-refractivity contribution < 1.29 is 9.53 Å². The van der Waals surface area contributed by atoms with Crippen molar-refractivity contribution in [3.8, 4) is 0 Å². The first-order valence-electron chi connectivity index (χ1n) is 6.75. The van der Waals surface area contributed by atoms with Gasteiger partial charge in [0.2, 0.25) is 5.91 Å². The summed E-state index contributed by atoms with van der Waals surface area (Å²) in [6.07, 6.45) is 3.12. The first-order chi connectivity index (χ1) is 8.17. The van der Waals surface area contributed by atoms with E-state index >= 15 is 0 Å². The summed E-state index contributed by atoms with van der Waals surface area (Å²) >= 11 is 0. The highest BCUT2D eigenvalue weighted by Gasteiger charge is 2.20. The lowest BCUT2D eigenvalue weighted by molar-refractivity contribution is -0.126. The molecule has 1 fully saturated rings. The van der Waals surface area contributed by atoms with Crippen LogP contribution in [0.5, 0.6) is 0 Å². The number of rotatable bonds is 6. The number of hydrogen-bond acceptors (Lipinski definition) is 3. The molecule has 1 rings (SSSR count). The van der Waals surface area contributed by atoms with Crippen LogP contribution < -0.4 is 5.32 Å². The summed E-state index contributed by atoms with van der Waals surface area (Å²) in [4.78, 5) is 14.1. The average Bonchev–Trinajstić information content (AvgIpc) is 2.33. The second kappa shape index (κ2) is 7.67. The lowest BCUT2D eigenvalue weighted by atomic mass is 10.00. The zero-order chi connectivity index (χ0) is 12.7. The topological polar surface area (TPSA) is 41.6 Å². The number of morpholine rings is 1. The molecule has 100 valence electrons. The molecule has 0 saturated carbocycles. The molecule has 1 aliphatic rings. The van der Waals surface area contributed by atoms with Gasteiger partial charge in [0, 0.05) is 25.6 Å². The molecule has 2 unspecified atom stereocenters. The van der Waals surface area contributed by atoms with Gasteiger partial charge in [0.1, 0.15) is 0 Å². The number of ether oxygens (including phenoxy) is 1. The number of hydrogen-bond donors (Lipinski definition) is 1. The van der Waals surface area contributed by atoms with Gasteiger partial charge in [-0.1, -0.05) is 20.3 Å². The Hall–Kier alpha value is -0.610. The third-order valence-electron chi connectivity index (χ3n) is 3.35. The van der Waals surface area contributed by atoms with E-state index in [1.54, 1.807) is 0 Å². The molecule has 4 heteroatoms. The van der Waals surface area contributed by atoms with E-state index in [9.17, 15) is 4.79 Å². The van der Waals surface area contributed by atoms with Crippen molar-refractivity contribution in [2.24, 2.45) is 5.92 Å². The third-order valence-corrected chi connectivity index (χ3v) is 3.35. The van der Waals surface area contributed by atoms with E-state index in [4.69, 9.17) is 4.74 Å². The smallest absolute Gasteiger partial charge is 0.223 e. The van der Waals surface area contributed by atoms with Gasteiger partial charge in [-0.15, -0.1) is 0 Å². The van der Waals surface area contributed by atoms with Crippen LogP contribution in [0, 0.1) is 5.92 Å². The van der Waals surface area contributed by atoms with Crippen LogP contribution in [0.1, 0.15) is 33.1 Å². The molecular formula is C13H26N2O2. The average molecular weight is 242 g/mol. The molecule has 0 aliphatic carbocycles. The Balaban J connectivity index is 2.26. The number of amides is 1. The van der Waals surface area contributed by atoms with Crippen molar-refractivity contribution in [2.75, 3.05) is 33.3 Å². The maximum Gasteiger partial charge on any atom is 0.223 e. The largest absolute Gasteiger partial charge is 0.374 e. The molecule has 1 aliphatic heterocycles. The highest BCUT2D eigenvalue weighted by Crippen LogP contribution is 2.11. The fourth-order valence-corrected chi connectivity index (χ4v) is 2.22. The number of nitrogens with one attached hydrogen (secondary N) is 1. The van der Waals surface area contributed by atoms with Crippen molar-refractivity contribution in [3.05, 3.63) is 0 Å². The maximum absolute atomic E-state index is 11.9. The predicted molar refractivity (Wildman–Crippen MR) is 68.9 cm³/mol. The van der Waals surface area contributed by atoms with Crippen LogP contribution in [-0.2, 0) is 9.53 Å². The minimum Gasteiger partial charge on any atom is -0.374 e. The van der Waals surface area contributed by atoms with Crippen molar-refractivity contribution in [1.82, 2.24) is 10.2 Å². The second-order valence-corrected chi connectivity index (χ2v) is 4.89. The van der Waals surface area contributed by atoms with Gasteiger partial charge < -0.3 is 15.0 Å². The molecule has 2 atom stereocenters. The van der Waals surface area contributed by atoms with Crippen molar-refractivity contribution in [3.63, 3.8) is 0 Å². The molecule has 1 amide bonds. The molecule has 0 aromatic carbocycles. The van der Waals surface area contributed by atoms with Crippen LogP contribution in [0.4, 0.5) is 0 Å². The highest BCUT2D eigenvalue weighted by molar-refractivity contribution is 5.78. The molecule has 1 heterocycles. The minimum absolute atomic E-state index is 0.150. The summed E-state index contributed by atoms with van der Waals surface area (Å²) in [5.41, 5.74) is 0. The Bertz CT molecular complexity index is 233. The van der Waals surface area contributed by atoms with E-state index in [0.29, 0.717) is 6.54 Å². The second-order valence-electron chi connectivity index (χ2n) is 4.89. The van der Waals surface area contributed by atoms with Gasteiger partial charge in [-0.3, -0.25) is 4.79 Å². The number of nitrogens with zero attached hydrogens (tertiary/aromatic N) is 1. The van der Waals surface area contributed by atoms with Gasteiger partial charge in [0.15, 0.2) is 0 Å². The van der Waals surface area contributed by atoms with Crippen molar-refractivity contribution in [1.29, 1.82) is 0 Å².